The number of carbonyl (C=O) groups excluding carboxylic acids is 3. The average Bonchev–Trinajstić information content (AvgIpc) is 3.49. The lowest BCUT2D eigenvalue weighted by atomic mass is 10.0. The summed E-state index contributed by atoms with van der Waals surface area (Å²) >= 11 is 7.56. The van der Waals surface area contributed by atoms with Gasteiger partial charge in [-0.1, -0.05) is 44.7 Å². The van der Waals surface area contributed by atoms with Crippen LogP contribution in [0.1, 0.15) is 62.7 Å². The standard InChI is InChI=1S/C24H31ClN4O4S.ClH/c1-3-15(2)21(26)23(32)33-14-29-10-11-34-24(29)28-22(31)17-8-9-19(18(25)13-17)27-20(30)12-16-6-4-5-7-16;/h8-11,13,15-16,21H,3-7,12,14,26H2,1-2H3,(H,27,30);1H/b28-24-;/t15-,21-;/m0./s1. The van der Waals surface area contributed by atoms with Gasteiger partial charge in [-0.15, -0.1) is 23.7 Å². The minimum Gasteiger partial charge on any atom is -0.443 e. The van der Waals surface area contributed by atoms with Crippen molar-refractivity contribution in [1.82, 2.24) is 4.57 Å². The normalized spacial score (nSPS) is 15.8. The number of aromatic nitrogens is 1. The van der Waals surface area contributed by atoms with E-state index in [4.69, 9.17) is 22.1 Å². The maximum Gasteiger partial charge on any atom is 0.324 e. The van der Waals surface area contributed by atoms with Gasteiger partial charge in [0, 0.05) is 23.6 Å². The van der Waals surface area contributed by atoms with Crippen molar-refractivity contribution in [2.75, 3.05) is 5.32 Å². The Labute approximate surface area is 220 Å². The molecule has 0 radical (unpaired) electrons. The highest BCUT2D eigenvalue weighted by molar-refractivity contribution is 7.07. The molecule has 8 nitrogen and oxygen atoms in total. The first-order chi connectivity index (χ1) is 16.3. The van der Waals surface area contributed by atoms with Crippen molar-refractivity contribution in [1.29, 1.82) is 0 Å². The first-order valence-electron chi connectivity index (χ1n) is 11.5. The Morgan fingerprint density at radius 1 is 1.31 bits per heavy atom. The van der Waals surface area contributed by atoms with Gasteiger partial charge in [-0.2, -0.15) is 4.99 Å². The fraction of sp³-hybridized carbons (Fsp3) is 0.500. The summed E-state index contributed by atoms with van der Waals surface area (Å²) in [5.41, 5.74) is 6.66. The lowest BCUT2D eigenvalue weighted by molar-refractivity contribution is -0.150. The molecule has 2 atom stereocenters. The smallest absolute Gasteiger partial charge is 0.324 e. The molecule has 11 heteroatoms. The number of rotatable bonds is 9. The largest absolute Gasteiger partial charge is 0.443 e. The maximum absolute atomic E-state index is 12.7. The number of hydrogen-bond donors (Lipinski definition) is 2. The number of halogens is 2. The average molecular weight is 544 g/mol. The van der Waals surface area contributed by atoms with Crippen LogP contribution in [0.5, 0.6) is 0 Å². The SMILES string of the molecule is CC[C@H](C)[C@H](N)C(=O)OCn1ccs/c1=N\C(=O)c1ccc(NC(=O)CC2CCCC2)c(Cl)c1.Cl. The van der Waals surface area contributed by atoms with Gasteiger partial charge in [0.05, 0.1) is 10.7 Å². The molecule has 3 rings (SSSR count). The Hall–Kier alpha value is -2.20. The molecule has 35 heavy (non-hydrogen) atoms. The van der Waals surface area contributed by atoms with Crippen LogP contribution in [0.4, 0.5) is 5.69 Å². The van der Waals surface area contributed by atoms with Gasteiger partial charge in [-0.05, 0) is 42.9 Å². The second-order valence-corrected chi connectivity index (χ2v) is 9.95. The highest BCUT2D eigenvalue weighted by atomic mass is 35.5. The molecule has 1 aromatic carbocycles. The van der Waals surface area contributed by atoms with Gasteiger partial charge in [-0.25, -0.2) is 0 Å². The van der Waals surface area contributed by atoms with Crippen molar-refractivity contribution < 1.29 is 19.1 Å². The summed E-state index contributed by atoms with van der Waals surface area (Å²) in [5, 5.41) is 4.84. The second-order valence-electron chi connectivity index (χ2n) is 8.67. The molecule has 2 aromatic rings. The third-order valence-corrected chi connectivity index (χ3v) is 7.28. The summed E-state index contributed by atoms with van der Waals surface area (Å²) in [6.07, 6.45) is 7.45. The zero-order chi connectivity index (χ0) is 24.7. The van der Waals surface area contributed by atoms with Gasteiger partial charge in [0.25, 0.3) is 5.91 Å². The number of thiazole rings is 1. The zero-order valence-electron chi connectivity index (χ0n) is 19.9. The number of amides is 2. The Bertz CT molecular complexity index is 1100. The molecule has 1 aromatic heterocycles. The summed E-state index contributed by atoms with van der Waals surface area (Å²) in [5.74, 6) is -0.626. The number of benzene rings is 1. The van der Waals surface area contributed by atoms with E-state index < -0.39 is 17.9 Å². The van der Waals surface area contributed by atoms with Gasteiger partial charge in [0.1, 0.15) is 6.04 Å². The van der Waals surface area contributed by atoms with Crippen LogP contribution in [-0.4, -0.2) is 28.4 Å². The van der Waals surface area contributed by atoms with E-state index >= 15 is 0 Å². The Kier molecular flexibility index (Phi) is 11.4. The van der Waals surface area contributed by atoms with Gasteiger partial charge >= 0.3 is 5.97 Å². The molecule has 3 N–H and O–H groups in total. The zero-order valence-corrected chi connectivity index (χ0v) is 22.3. The minimum absolute atomic E-state index is 0. The molecule has 1 saturated carbocycles. The predicted molar refractivity (Wildman–Crippen MR) is 140 cm³/mol. The molecule has 192 valence electrons. The van der Waals surface area contributed by atoms with Crippen LogP contribution in [-0.2, 0) is 21.1 Å². The highest BCUT2D eigenvalue weighted by Gasteiger charge is 2.21. The lowest BCUT2D eigenvalue weighted by Crippen LogP contribution is -2.38. The molecule has 0 saturated heterocycles. The summed E-state index contributed by atoms with van der Waals surface area (Å²) in [4.78, 5) is 41.7. The van der Waals surface area contributed by atoms with Crippen molar-refractivity contribution in [3.05, 3.63) is 45.2 Å². The maximum atomic E-state index is 12.7. The third-order valence-electron chi connectivity index (χ3n) is 6.17. The molecule has 2 amide bonds. The van der Waals surface area contributed by atoms with Crippen molar-refractivity contribution in [2.24, 2.45) is 22.6 Å². The van der Waals surface area contributed by atoms with Crippen LogP contribution in [0.3, 0.4) is 0 Å². The first-order valence-corrected chi connectivity index (χ1v) is 12.8. The molecule has 1 aliphatic carbocycles. The predicted octanol–water partition coefficient (Wildman–Crippen LogP) is 4.76. The summed E-state index contributed by atoms with van der Waals surface area (Å²) in [6.45, 7) is 3.75. The van der Waals surface area contributed by atoms with E-state index in [9.17, 15) is 14.4 Å². The molecule has 0 unspecified atom stereocenters. The Balaban J connectivity index is 0.00000432. The topological polar surface area (TPSA) is 116 Å². The van der Waals surface area contributed by atoms with Gasteiger partial charge in [0.2, 0.25) is 5.91 Å². The minimum atomic E-state index is -0.703. The van der Waals surface area contributed by atoms with Crippen LogP contribution in [0.25, 0.3) is 0 Å². The van der Waals surface area contributed by atoms with Crippen LogP contribution in [0.15, 0.2) is 34.8 Å². The van der Waals surface area contributed by atoms with E-state index in [1.807, 2.05) is 13.8 Å². The number of anilines is 1. The molecule has 1 aliphatic rings. The molecule has 0 aliphatic heterocycles. The monoisotopic (exact) mass is 542 g/mol. The molecule has 1 heterocycles. The van der Waals surface area contributed by atoms with Gasteiger partial charge < -0.3 is 15.8 Å². The molecule has 0 bridgehead atoms. The first kappa shape index (κ1) is 29.0. The van der Waals surface area contributed by atoms with Crippen LogP contribution >= 0.6 is 35.3 Å². The van der Waals surface area contributed by atoms with Crippen molar-refractivity contribution >= 4 is 58.8 Å². The summed E-state index contributed by atoms with van der Waals surface area (Å²) < 4.78 is 6.85. The molecular formula is C24H32Cl2N4O4S. The van der Waals surface area contributed by atoms with Crippen molar-refractivity contribution in [3.63, 3.8) is 0 Å². The Morgan fingerprint density at radius 3 is 2.69 bits per heavy atom. The number of nitrogens with two attached hydrogens (primary N) is 1. The molecule has 0 spiro atoms. The fourth-order valence-corrected chi connectivity index (χ4v) is 4.72. The van der Waals surface area contributed by atoms with Crippen LogP contribution in [0.2, 0.25) is 5.02 Å². The van der Waals surface area contributed by atoms with Crippen LogP contribution in [0, 0.1) is 11.8 Å². The van der Waals surface area contributed by atoms with Crippen molar-refractivity contribution in [3.8, 4) is 0 Å². The van der Waals surface area contributed by atoms with Gasteiger partial charge in [0.15, 0.2) is 11.5 Å². The van der Waals surface area contributed by atoms with E-state index in [-0.39, 0.29) is 41.5 Å². The highest BCUT2D eigenvalue weighted by Crippen LogP contribution is 2.29. The number of carbonyl (C=O) groups is 3. The number of nitrogens with zero attached hydrogens (tertiary/aromatic N) is 2. The van der Waals surface area contributed by atoms with Gasteiger partial charge in [-0.3, -0.25) is 19.0 Å². The van der Waals surface area contributed by atoms with Crippen molar-refractivity contribution in [2.45, 2.75) is 65.1 Å². The Morgan fingerprint density at radius 2 is 2.03 bits per heavy atom. The third kappa shape index (κ3) is 8.17. The second kappa shape index (κ2) is 13.8. The number of hydrogen-bond acceptors (Lipinski definition) is 6. The number of nitrogens with one attached hydrogen (secondary N) is 1. The molecular weight excluding hydrogens is 511 g/mol. The lowest BCUT2D eigenvalue weighted by Gasteiger charge is -2.16. The number of esters is 1. The van der Waals surface area contributed by atoms with E-state index in [0.29, 0.717) is 22.8 Å². The summed E-state index contributed by atoms with van der Waals surface area (Å²) in [7, 11) is 0. The fourth-order valence-electron chi connectivity index (χ4n) is 3.78. The summed E-state index contributed by atoms with van der Waals surface area (Å²) in [6, 6.07) is 3.97. The van der Waals surface area contributed by atoms with E-state index in [1.54, 1.807) is 28.3 Å². The van der Waals surface area contributed by atoms with E-state index in [1.165, 1.54) is 30.2 Å². The van der Waals surface area contributed by atoms with E-state index in [2.05, 4.69) is 10.3 Å². The quantitative estimate of drug-likeness (QED) is 0.443. The molecule has 1 fully saturated rings. The van der Waals surface area contributed by atoms with Crippen LogP contribution < -0.4 is 15.9 Å². The number of ether oxygens (including phenoxy) is 1. The van der Waals surface area contributed by atoms with E-state index in [0.717, 1.165) is 19.3 Å².